The number of hydrogen-bond donors (Lipinski definition) is 0. The Bertz CT molecular complexity index is 757. The molecular formula is C14H17N3O5S. The van der Waals surface area contributed by atoms with Crippen LogP contribution < -0.4 is 0 Å². The third-order valence-electron chi connectivity index (χ3n) is 4.42. The van der Waals surface area contributed by atoms with Gasteiger partial charge in [0.15, 0.2) is 0 Å². The molecule has 8 nitrogen and oxygen atoms in total. The summed E-state index contributed by atoms with van der Waals surface area (Å²) in [5, 5.41) is 14.7. The van der Waals surface area contributed by atoms with Gasteiger partial charge in [0.05, 0.1) is 9.82 Å². The number of sulfonamides is 1. The van der Waals surface area contributed by atoms with Gasteiger partial charge < -0.3 is 4.84 Å². The van der Waals surface area contributed by atoms with Crippen molar-refractivity contribution in [3.8, 4) is 0 Å². The topological polar surface area (TPSA) is 102 Å². The molecule has 0 aromatic heterocycles. The number of hydrogen-bond acceptors (Lipinski definition) is 6. The van der Waals surface area contributed by atoms with Crippen LogP contribution in [0, 0.1) is 17.0 Å². The summed E-state index contributed by atoms with van der Waals surface area (Å²) in [5.74, 6) is 0. The van der Waals surface area contributed by atoms with Gasteiger partial charge in [-0.15, -0.1) is 0 Å². The molecule has 1 aromatic rings. The molecule has 0 bridgehead atoms. The highest BCUT2D eigenvalue weighted by Gasteiger charge is 2.42. The molecule has 0 radical (unpaired) electrons. The first kappa shape index (κ1) is 15.9. The number of nitrogens with zero attached hydrogens (tertiary/aromatic N) is 3. The van der Waals surface area contributed by atoms with Gasteiger partial charge in [0.1, 0.15) is 5.60 Å². The fourth-order valence-corrected chi connectivity index (χ4v) is 4.62. The van der Waals surface area contributed by atoms with E-state index in [0.29, 0.717) is 37.9 Å². The lowest BCUT2D eigenvalue weighted by Crippen LogP contribution is -2.46. The van der Waals surface area contributed by atoms with Crippen LogP contribution in [0.5, 0.6) is 0 Å². The molecule has 0 atom stereocenters. The zero-order valence-electron chi connectivity index (χ0n) is 12.6. The van der Waals surface area contributed by atoms with E-state index < -0.39 is 14.9 Å². The first-order valence-corrected chi connectivity index (χ1v) is 8.73. The number of benzene rings is 1. The Balaban J connectivity index is 1.85. The third kappa shape index (κ3) is 2.81. The molecule has 1 aromatic carbocycles. The van der Waals surface area contributed by atoms with Crippen molar-refractivity contribution in [1.29, 1.82) is 0 Å². The van der Waals surface area contributed by atoms with E-state index in [9.17, 15) is 18.5 Å². The van der Waals surface area contributed by atoms with Gasteiger partial charge in [0.25, 0.3) is 5.69 Å². The molecule has 1 saturated heterocycles. The number of nitro benzene ring substituents is 1. The van der Waals surface area contributed by atoms with Crippen molar-refractivity contribution in [1.82, 2.24) is 4.31 Å². The number of aryl methyl sites for hydroxylation is 1. The SMILES string of the molecule is Cc1ccc([N+](=O)[O-])cc1S(=O)(=O)N1CCC2(CC=NO2)CC1. The fraction of sp³-hybridized carbons (Fsp3) is 0.500. The lowest BCUT2D eigenvalue weighted by molar-refractivity contribution is -0.385. The van der Waals surface area contributed by atoms with Crippen LogP contribution in [0.1, 0.15) is 24.8 Å². The van der Waals surface area contributed by atoms with Crippen LogP contribution in [-0.2, 0) is 14.9 Å². The van der Waals surface area contributed by atoms with Gasteiger partial charge in [-0.25, -0.2) is 8.42 Å². The molecule has 1 fully saturated rings. The molecule has 0 aliphatic carbocycles. The van der Waals surface area contributed by atoms with Crippen LogP contribution in [0.3, 0.4) is 0 Å². The average molecular weight is 339 g/mol. The fourth-order valence-electron chi connectivity index (χ4n) is 2.94. The summed E-state index contributed by atoms with van der Waals surface area (Å²) in [7, 11) is -3.76. The Kier molecular flexibility index (Phi) is 3.85. The van der Waals surface area contributed by atoms with Crippen molar-refractivity contribution in [2.45, 2.75) is 36.7 Å². The van der Waals surface area contributed by atoms with Gasteiger partial charge in [-0.3, -0.25) is 10.1 Å². The van der Waals surface area contributed by atoms with Crippen molar-refractivity contribution < 1.29 is 18.2 Å². The van der Waals surface area contributed by atoms with Crippen molar-refractivity contribution in [2.24, 2.45) is 5.16 Å². The quantitative estimate of drug-likeness (QED) is 0.617. The van der Waals surface area contributed by atoms with E-state index in [1.807, 2.05) is 0 Å². The minimum Gasteiger partial charge on any atom is -0.389 e. The largest absolute Gasteiger partial charge is 0.389 e. The van der Waals surface area contributed by atoms with Crippen molar-refractivity contribution in [3.05, 3.63) is 33.9 Å². The molecule has 0 unspecified atom stereocenters. The Hall–Kier alpha value is -2.00. The Morgan fingerprint density at radius 3 is 2.61 bits per heavy atom. The van der Waals surface area contributed by atoms with Crippen molar-refractivity contribution in [3.63, 3.8) is 0 Å². The summed E-state index contributed by atoms with van der Waals surface area (Å²) in [5.41, 5.74) is -0.115. The lowest BCUT2D eigenvalue weighted by atomic mass is 9.90. The molecule has 2 aliphatic heterocycles. The summed E-state index contributed by atoms with van der Waals surface area (Å²) in [6.45, 7) is 2.26. The highest BCUT2D eigenvalue weighted by Crippen LogP contribution is 2.35. The molecule has 2 aliphatic rings. The Morgan fingerprint density at radius 1 is 1.35 bits per heavy atom. The van der Waals surface area contributed by atoms with Crippen LogP contribution in [0.4, 0.5) is 5.69 Å². The van der Waals surface area contributed by atoms with E-state index in [4.69, 9.17) is 4.84 Å². The maximum atomic E-state index is 12.8. The normalized spacial score (nSPS) is 20.6. The number of rotatable bonds is 3. The van der Waals surface area contributed by atoms with E-state index in [2.05, 4.69) is 5.16 Å². The maximum Gasteiger partial charge on any atom is 0.270 e. The third-order valence-corrected chi connectivity index (χ3v) is 6.46. The zero-order chi connectivity index (χ0) is 16.7. The van der Waals surface area contributed by atoms with E-state index in [1.54, 1.807) is 13.1 Å². The Labute approximate surface area is 133 Å². The molecule has 124 valence electrons. The van der Waals surface area contributed by atoms with Crippen LogP contribution in [0.2, 0.25) is 0 Å². The second-order valence-corrected chi connectivity index (χ2v) is 7.78. The van der Waals surface area contributed by atoms with E-state index in [0.717, 1.165) is 6.07 Å². The molecule has 0 N–H and O–H groups in total. The van der Waals surface area contributed by atoms with Crippen LogP contribution in [0.25, 0.3) is 0 Å². The first-order valence-electron chi connectivity index (χ1n) is 7.29. The minimum atomic E-state index is -3.76. The van der Waals surface area contributed by atoms with Crippen LogP contribution in [-0.4, -0.2) is 42.6 Å². The van der Waals surface area contributed by atoms with Gasteiger partial charge in [-0.05, 0) is 12.5 Å². The molecular weight excluding hydrogens is 322 g/mol. The highest BCUT2D eigenvalue weighted by molar-refractivity contribution is 7.89. The summed E-state index contributed by atoms with van der Waals surface area (Å²) in [4.78, 5) is 15.7. The summed E-state index contributed by atoms with van der Waals surface area (Å²) >= 11 is 0. The summed E-state index contributed by atoms with van der Waals surface area (Å²) < 4.78 is 27.0. The van der Waals surface area contributed by atoms with E-state index in [-0.39, 0.29) is 16.2 Å². The van der Waals surface area contributed by atoms with Gasteiger partial charge >= 0.3 is 0 Å². The molecule has 3 rings (SSSR count). The number of nitro groups is 1. The molecule has 0 saturated carbocycles. The summed E-state index contributed by atoms with van der Waals surface area (Å²) in [6.07, 6.45) is 3.51. The predicted octanol–water partition coefficient (Wildman–Crippen LogP) is 1.83. The maximum absolute atomic E-state index is 12.8. The van der Waals surface area contributed by atoms with Crippen molar-refractivity contribution in [2.75, 3.05) is 13.1 Å². The molecule has 9 heteroatoms. The second-order valence-electron chi connectivity index (χ2n) is 5.88. The number of piperidine rings is 1. The standard InChI is InChI=1S/C14H17N3O5S/c1-11-2-3-12(17(18)19)10-13(11)23(20,21)16-8-5-14(6-9-16)4-7-15-22-14/h2-3,7,10H,4-6,8-9H2,1H3. The number of oxime groups is 1. The van der Waals surface area contributed by atoms with Crippen LogP contribution >= 0.6 is 0 Å². The van der Waals surface area contributed by atoms with Gasteiger partial charge in [-0.2, -0.15) is 4.31 Å². The Morgan fingerprint density at radius 2 is 2.04 bits per heavy atom. The average Bonchev–Trinajstić information content (AvgIpc) is 2.96. The molecule has 23 heavy (non-hydrogen) atoms. The highest BCUT2D eigenvalue weighted by atomic mass is 32.2. The zero-order valence-corrected chi connectivity index (χ0v) is 13.5. The monoisotopic (exact) mass is 339 g/mol. The van der Waals surface area contributed by atoms with Gasteiger partial charge in [0.2, 0.25) is 10.0 Å². The molecule has 2 heterocycles. The predicted molar refractivity (Wildman–Crippen MR) is 82.8 cm³/mol. The second kappa shape index (κ2) is 5.57. The summed E-state index contributed by atoms with van der Waals surface area (Å²) in [6, 6.07) is 3.90. The van der Waals surface area contributed by atoms with E-state index >= 15 is 0 Å². The lowest BCUT2D eigenvalue weighted by Gasteiger charge is -2.36. The van der Waals surface area contributed by atoms with Gasteiger partial charge in [-0.1, -0.05) is 11.2 Å². The molecule has 0 amide bonds. The number of non-ortho nitro benzene ring substituents is 1. The van der Waals surface area contributed by atoms with Crippen LogP contribution in [0.15, 0.2) is 28.3 Å². The minimum absolute atomic E-state index is 0.00811. The first-order chi connectivity index (χ1) is 10.8. The van der Waals surface area contributed by atoms with Crippen molar-refractivity contribution >= 4 is 21.9 Å². The van der Waals surface area contributed by atoms with E-state index in [1.165, 1.54) is 16.4 Å². The molecule has 1 spiro atoms. The van der Waals surface area contributed by atoms with Gasteiger partial charge in [0, 0.05) is 50.7 Å². The smallest absolute Gasteiger partial charge is 0.270 e.